The summed E-state index contributed by atoms with van der Waals surface area (Å²) in [5.41, 5.74) is 3.84. The fourth-order valence-electron chi connectivity index (χ4n) is 4.02. The Morgan fingerprint density at radius 3 is 2.35 bits per heavy atom. The van der Waals surface area contributed by atoms with Crippen molar-refractivity contribution in [1.82, 2.24) is 4.90 Å². The summed E-state index contributed by atoms with van der Waals surface area (Å²) in [4.78, 5) is 15.0. The zero-order valence-electron chi connectivity index (χ0n) is 17.5. The number of fused-ring (bicyclic) bond motifs is 1. The number of halogens is 1. The quantitative estimate of drug-likeness (QED) is 0.547. The molecule has 1 aliphatic rings. The molecule has 0 spiro atoms. The molecule has 0 saturated heterocycles. The number of hydrogen-bond acceptors (Lipinski definition) is 3. The lowest BCUT2D eigenvalue weighted by molar-refractivity contribution is -0.127. The molecule has 3 aromatic rings. The zero-order valence-corrected chi connectivity index (χ0v) is 17.5. The molecule has 0 bridgehead atoms. The van der Waals surface area contributed by atoms with Gasteiger partial charge in [-0.05, 0) is 59.0 Å². The highest BCUT2D eigenvalue weighted by molar-refractivity contribution is 5.92. The van der Waals surface area contributed by atoms with E-state index in [0.29, 0.717) is 24.5 Å². The largest absolute Gasteiger partial charge is 0.493 e. The van der Waals surface area contributed by atoms with E-state index in [1.165, 1.54) is 12.1 Å². The molecular formula is C26H24FNO3. The van der Waals surface area contributed by atoms with Crippen LogP contribution in [0.4, 0.5) is 4.39 Å². The van der Waals surface area contributed by atoms with Crippen LogP contribution in [0.1, 0.15) is 28.3 Å². The van der Waals surface area contributed by atoms with Crippen molar-refractivity contribution in [3.63, 3.8) is 0 Å². The highest BCUT2D eigenvalue weighted by atomic mass is 19.1. The van der Waals surface area contributed by atoms with Crippen LogP contribution in [-0.4, -0.2) is 31.6 Å². The van der Waals surface area contributed by atoms with Crippen LogP contribution in [0.3, 0.4) is 0 Å². The third kappa shape index (κ3) is 4.31. The first kappa shape index (κ1) is 20.7. The van der Waals surface area contributed by atoms with Gasteiger partial charge in [0.2, 0.25) is 5.91 Å². The van der Waals surface area contributed by atoms with Gasteiger partial charge < -0.3 is 14.4 Å². The molecule has 1 amide bonds. The van der Waals surface area contributed by atoms with Gasteiger partial charge in [-0.3, -0.25) is 4.79 Å². The van der Waals surface area contributed by atoms with Crippen molar-refractivity contribution in [2.45, 2.75) is 12.5 Å². The van der Waals surface area contributed by atoms with Gasteiger partial charge in [0.05, 0.1) is 20.3 Å². The van der Waals surface area contributed by atoms with Gasteiger partial charge in [0.25, 0.3) is 0 Å². The van der Waals surface area contributed by atoms with Crippen LogP contribution in [0, 0.1) is 5.82 Å². The van der Waals surface area contributed by atoms with Crippen LogP contribution in [0.5, 0.6) is 11.5 Å². The fraction of sp³-hybridized carbons (Fsp3) is 0.192. The number of carbonyl (C=O) groups excluding carboxylic acids is 1. The maximum atomic E-state index is 13.6. The van der Waals surface area contributed by atoms with Crippen molar-refractivity contribution in [3.8, 4) is 11.5 Å². The molecule has 4 rings (SSSR count). The van der Waals surface area contributed by atoms with Crippen molar-refractivity contribution in [2.24, 2.45) is 0 Å². The first-order valence-electron chi connectivity index (χ1n) is 10.1. The molecule has 0 fully saturated rings. The molecule has 3 aromatic carbocycles. The summed E-state index contributed by atoms with van der Waals surface area (Å²) >= 11 is 0. The lowest BCUT2D eigenvalue weighted by atomic mass is 9.87. The summed E-state index contributed by atoms with van der Waals surface area (Å²) in [6.45, 7) is 0.544. The lowest BCUT2D eigenvalue weighted by Crippen LogP contribution is -2.39. The van der Waals surface area contributed by atoms with E-state index >= 15 is 0 Å². The molecule has 1 atom stereocenters. The normalized spacial score (nSPS) is 15.6. The highest BCUT2D eigenvalue weighted by Crippen LogP contribution is 2.41. The van der Waals surface area contributed by atoms with Crippen LogP contribution in [-0.2, 0) is 11.2 Å². The minimum atomic E-state index is -0.350. The minimum Gasteiger partial charge on any atom is -0.493 e. The molecule has 31 heavy (non-hydrogen) atoms. The third-order valence-corrected chi connectivity index (χ3v) is 5.56. The van der Waals surface area contributed by atoms with E-state index in [0.717, 1.165) is 22.3 Å². The van der Waals surface area contributed by atoms with Gasteiger partial charge in [-0.2, -0.15) is 0 Å². The second kappa shape index (κ2) is 9.04. The van der Waals surface area contributed by atoms with Crippen LogP contribution in [0.25, 0.3) is 6.08 Å². The summed E-state index contributed by atoms with van der Waals surface area (Å²) in [6, 6.07) is 19.5. The average molecular weight is 417 g/mol. The first-order valence-corrected chi connectivity index (χ1v) is 10.1. The Hall–Kier alpha value is -3.60. The number of ether oxygens (including phenoxy) is 2. The monoisotopic (exact) mass is 417 g/mol. The smallest absolute Gasteiger partial charge is 0.247 e. The Morgan fingerprint density at radius 2 is 1.68 bits per heavy atom. The summed E-state index contributed by atoms with van der Waals surface area (Å²) in [5.74, 6) is 0.845. The van der Waals surface area contributed by atoms with E-state index in [9.17, 15) is 9.18 Å². The number of hydrogen-bond donors (Lipinski definition) is 0. The molecule has 0 radical (unpaired) electrons. The van der Waals surface area contributed by atoms with E-state index in [1.807, 2.05) is 53.4 Å². The number of carbonyl (C=O) groups is 1. The molecular weight excluding hydrogens is 393 g/mol. The minimum absolute atomic E-state index is 0.0985. The summed E-state index contributed by atoms with van der Waals surface area (Å²) < 4.78 is 24.6. The second-order valence-corrected chi connectivity index (χ2v) is 7.39. The van der Waals surface area contributed by atoms with Crippen molar-refractivity contribution < 1.29 is 18.7 Å². The van der Waals surface area contributed by atoms with Gasteiger partial charge in [0.1, 0.15) is 5.82 Å². The molecule has 0 N–H and O–H groups in total. The Morgan fingerprint density at radius 1 is 1.00 bits per heavy atom. The van der Waals surface area contributed by atoms with Gasteiger partial charge in [-0.25, -0.2) is 4.39 Å². The number of benzene rings is 3. The van der Waals surface area contributed by atoms with E-state index in [4.69, 9.17) is 9.47 Å². The van der Waals surface area contributed by atoms with Crippen molar-refractivity contribution in [2.75, 3.05) is 20.8 Å². The van der Waals surface area contributed by atoms with E-state index < -0.39 is 0 Å². The predicted molar refractivity (Wildman–Crippen MR) is 119 cm³/mol. The number of methoxy groups -OCH3 is 2. The number of amides is 1. The Labute approximate surface area is 181 Å². The maximum absolute atomic E-state index is 13.6. The summed E-state index contributed by atoms with van der Waals surface area (Å²) in [6.07, 6.45) is 4.10. The summed E-state index contributed by atoms with van der Waals surface area (Å²) in [7, 11) is 3.19. The van der Waals surface area contributed by atoms with Gasteiger partial charge >= 0.3 is 0 Å². The van der Waals surface area contributed by atoms with Gasteiger partial charge in [-0.15, -0.1) is 0 Å². The van der Waals surface area contributed by atoms with Crippen LogP contribution in [0.15, 0.2) is 72.8 Å². The molecule has 0 aromatic heterocycles. The molecule has 0 saturated carbocycles. The standard InChI is InChI=1S/C26H24FNO3/c1-30-23-16-20-14-15-28(25(29)13-8-18-6-4-3-5-7-18)26(22(20)17-24(23)31-2)19-9-11-21(27)12-10-19/h3-13,16-17,26H,14-15H2,1-2H3/b13-8+. The molecule has 1 aliphatic heterocycles. The number of rotatable bonds is 5. The van der Waals surface area contributed by atoms with Gasteiger partial charge in [-0.1, -0.05) is 42.5 Å². The van der Waals surface area contributed by atoms with Crippen molar-refractivity contribution in [1.29, 1.82) is 0 Å². The highest BCUT2D eigenvalue weighted by Gasteiger charge is 2.32. The predicted octanol–water partition coefficient (Wildman–Crippen LogP) is 5.03. The molecule has 4 nitrogen and oxygen atoms in total. The third-order valence-electron chi connectivity index (χ3n) is 5.56. The summed E-state index contributed by atoms with van der Waals surface area (Å²) in [5, 5.41) is 0. The molecule has 158 valence electrons. The van der Waals surface area contributed by atoms with Crippen molar-refractivity contribution in [3.05, 3.63) is 101 Å². The van der Waals surface area contributed by atoms with E-state index in [-0.39, 0.29) is 17.8 Å². The SMILES string of the molecule is COc1cc2c(cc1OC)C(c1ccc(F)cc1)N(C(=O)/C=C/c1ccccc1)CC2. The molecule has 1 heterocycles. The molecule has 0 aliphatic carbocycles. The van der Waals surface area contributed by atoms with E-state index in [2.05, 4.69) is 0 Å². The number of nitrogens with zero attached hydrogens (tertiary/aromatic N) is 1. The lowest BCUT2D eigenvalue weighted by Gasteiger charge is -2.37. The first-order chi connectivity index (χ1) is 15.1. The average Bonchev–Trinajstić information content (AvgIpc) is 2.82. The van der Waals surface area contributed by atoms with Crippen LogP contribution < -0.4 is 9.47 Å². The topological polar surface area (TPSA) is 38.8 Å². The molecule has 5 heteroatoms. The van der Waals surface area contributed by atoms with E-state index in [1.54, 1.807) is 32.4 Å². The van der Waals surface area contributed by atoms with Crippen LogP contribution >= 0.6 is 0 Å². The van der Waals surface area contributed by atoms with Crippen molar-refractivity contribution >= 4 is 12.0 Å². The fourth-order valence-corrected chi connectivity index (χ4v) is 4.02. The Bertz CT molecular complexity index is 1090. The van der Waals surface area contributed by atoms with Gasteiger partial charge in [0, 0.05) is 12.6 Å². The zero-order chi connectivity index (χ0) is 21.8. The van der Waals surface area contributed by atoms with Crippen LogP contribution in [0.2, 0.25) is 0 Å². The molecule has 1 unspecified atom stereocenters. The Balaban J connectivity index is 1.76. The van der Waals surface area contributed by atoms with Gasteiger partial charge in [0.15, 0.2) is 11.5 Å². The maximum Gasteiger partial charge on any atom is 0.247 e. The Kier molecular flexibility index (Phi) is 6.03. The second-order valence-electron chi connectivity index (χ2n) is 7.39.